The van der Waals surface area contributed by atoms with E-state index in [4.69, 9.17) is 13.8 Å². The third kappa shape index (κ3) is 4.30. The number of pyridine rings is 1. The van der Waals surface area contributed by atoms with E-state index in [1.807, 2.05) is 4.57 Å². The van der Waals surface area contributed by atoms with Crippen LogP contribution in [0.4, 0.5) is 8.78 Å². The molecule has 6 rings (SSSR count). The smallest absolute Gasteiger partial charge is 0.153 e. The molecule has 0 saturated carbocycles. The highest BCUT2D eigenvalue weighted by atomic mass is 19.1. The maximum Gasteiger partial charge on any atom is 0.153 e. The summed E-state index contributed by atoms with van der Waals surface area (Å²) < 4.78 is 63.6. The van der Waals surface area contributed by atoms with Crippen molar-refractivity contribution in [1.82, 2.24) is 24.5 Å². The zero-order valence-corrected chi connectivity index (χ0v) is 21.9. The molecule has 0 radical (unpaired) electrons. The lowest BCUT2D eigenvalue weighted by molar-refractivity contribution is 0.0551. The fourth-order valence-corrected chi connectivity index (χ4v) is 5.85. The summed E-state index contributed by atoms with van der Waals surface area (Å²) in [7, 11) is 1.61. The van der Waals surface area contributed by atoms with Crippen LogP contribution in [0.3, 0.4) is 0 Å². The van der Waals surface area contributed by atoms with Gasteiger partial charge in [0, 0.05) is 47.1 Å². The van der Waals surface area contributed by atoms with Gasteiger partial charge in [0.2, 0.25) is 0 Å². The van der Waals surface area contributed by atoms with Crippen molar-refractivity contribution in [2.75, 3.05) is 13.2 Å². The zero-order chi connectivity index (χ0) is 30.0. The van der Waals surface area contributed by atoms with Gasteiger partial charge in [-0.25, -0.2) is 13.5 Å². The molecule has 1 aliphatic rings. The van der Waals surface area contributed by atoms with Crippen LogP contribution in [0.15, 0.2) is 48.7 Å². The second-order valence-corrected chi connectivity index (χ2v) is 10.7. The zero-order valence-electron chi connectivity index (χ0n) is 24.9. The molecule has 1 fully saturated rings. The molecular weight excluding hydrogens is 500 g/mol. The lowest BCUT2D eigenvalue weighted by Crippen LogP contribution is -2.27. The Hall–Kier alpha value is -3.69. The molecule has 39 heavy (non-hydrogen) atoms. The van der Waals surface area contributed by atoms with Gasteiger partial charge < -0.3 is 14.4 Å². The van der Waals surface area contributed by atoms with Crippen LogP contribution in [0, 0.1) is 24.4 Å². The molecule has 0 spiro atoms. The highest BCUT2D eigenvalue weighted by Gasteiger charge is 2.33. The van der Waals surface area contributed by atoms with Crippen LogP contribution in [-0.2, 0) is 17.4 Å². The molecule has 1 aliphatic heterocycles. The van der Waals surface area contributed by atoms with Gasteiger partial charge in [-0.15, -0.1) is 5.10 Å². The first-order valence-corrected chi connectivity index (χ1v) is 12.9. The van der Waals surface area contributed by atoms with E-state index < -0.39 is 24.3 Å². The van der Waals surface area contributed by atoms with Gasteiger partial charge in [0.15, 0.2) is 5.82 Å². The second-order valence-electron chi connectivity index (χ2n) is 10.7. The molecule has 4 heterocycles. The summed E-state index contributed by atoms with van der Waals surface area (Å²) in [6.07, 6.45) is 2.93. The van der Waals surface area contributed by atoms with Gasteiger partial charge in [0.1, 0.15) is 5.82 Å². The van der Waals surface area contributed by atoms with E-state index in [1.165, 1.54) is 30.7 Å². The summed E-state index contributed by atoms with van der Waals surface area (Å²) in [5, 5.41) is 19.2. The van der Waals surface area contributed by atoms with Gasteiger partial charge in [-0.3, -0.25) is 4.98 Å². The van der Waals surface area contributed by atoms with Crippen LogP contribution in [0.1, 0.15) is 53.7 Å². The van der Waals surface area contributed by atoms with Crippen LogP contribution in [0.5, 0.6) is 0 Å². The lowest BCUT2D eigenvalue weighted by Gasteiger charge is -2.33. The molecule has 1 N–H and O–H groups in total. The minimum atomic E-state index is -2.52. The molecule has 0 amide bonds. The highest BCUT2D eigenvalue weighted by Crippen LogP contribution is 2.43. The summed E-state index contributed by atoms with van der Waals surface area (Å²) >= 11 is 0. The fourth-order valence-electron chi connectivity index (χ4n) is 5.85. The molecule has 1 saturated heterocycles. The third-order valence-electron chi connectivity index (χ3n) is 7.70. The number of halogens is 2. The fraction of sp³-hybridized carbons (Fsp3) is 0.367. The van der Waals surface area contributed by atoms with Gasteiger partial charge in [0.25, 0.3) is 0 Å². The van der Waals surface area contributed by atoms with E-state index in [0.717, 1.165) is 5.56 Å². The molecule has 1 atom stereocenters. The normalized spacial score (nSPS) is 17.3. The Balaban J connectivity index is 1.72. The summed E-state index contributed by atoms with van der Waals surface area (Å²) in [5.74, 6) is -0.954. The van der Waals surface area contributed by atoms with Crippen LogP contribution in [-0.4, -0.2) is 42.9 Å². The van der Waals surface area contributed by atoms with Gasteiger partial charge >= 0.3 is 0 Å². The maximum absolute atomic E-state index is 16.6. The second kappa shape index (κ2) is 9.50. The standard InChI is InChI=1S/C30H31F2N5O2/c1-17-27(36(4)35-34-17)20-15-24-26(33-16-20)22-9-10-23(30(2,3)38)25(32)29(22)37(24)28(19-11-13-39-14-12-19)18-5-7-21(31)8-6-18/h5-10,15-16,19,28,38H,11-14H2,1-4H3/t28-/m1/s1/i1D3. The van der Waals surface area contributed by atoms with Gasteiger partial charge in [-0.05, 0) is 63.2 Å². The quantitative estimate of drug-likeness (QED) is 0.308. The number of ether oxygens (including phenoxy) is 1. The lowest BCUT2D eigenvalue weighted by atomic mass is 9.86. The highest BCUT2D eigenvalue weighted by molar-refractivity contribution is 6.07. The maximum atomic E-state index is 16.6. The van der Waals surface area contributed by atoms with Crippen LogP contribution in [0.25, 0.3) is 33.2 Å². The van der Waals surface area contributed by atoms with E-state index in [0.29, 0.717) is 48.0 Å². The molecular formula is C30H31F2N5O2. The van der Waals surface area contributed by atoms with Crippen molar-refractivity contribution in [3.05, 3.63) is 77.1 Å². The number of aromatic nitrogens is 5. The minimum absolute atomic E-state index is 0.00756. The van der Waals surface area contributed by atoms with Crippen molar-refractivity contribution in [2.24, 2.45) is 13.0 Å². The summed E-state index contributed by atoms with van der Waals surface area (Å²) in [4.78, 5) is 4.73. The average Bonchev–Trinajstić information content (AvgIpc) is 3.48. The third-order valence-corrected chi connectivity index (χ3v) is 7.70. The molecule has 7 nitrogen and oxygen atoms in total. The molecule has 9 heteroatoms. The van der Waals surface area contributed by atoms with Gasteiger partial charge in [-0.2, -0.15) is 0 Å². The number of aliphatic hydroxyl groups is 1. The topological polar surface area (TPSA) is 78.0 Å². The monoisotopic (exact) mass is 534 g/mol. The van der Waals surface area contributed by atoms with Crippen LogP contribution >= 0.6 is 0 Å². The predicted molar refractivity (Wildman–Crippen MR) is 145 cm³/mol. The number of hydrogen-bond acceptors (Lipinski definition) is 5. The van der Waals surface area contributed by atoms with Crippen molar-refractivity contribution in [1.29, 1.82) is 0 Å². The first-order chi connectivity index (χ1) is 19.9. The Morgan fingerprint density at radius 1 is 1.13 bits per heavy atom. The number of nitrogens with zero attached hydrogens (tertiary/aromatic N) is 5. The summed E-state index contributed by atoms with van der Waals surface area (Å²) in [5.41, 5.74) is 1.36. The van der Waals surface area contributed by atoms with Gasteiger partial charge in [-0.1, -0.05) is 29.5 Å². The largest absolute Gasteiger partial charge is 0.386 e. The molecule has 5 aromatic rings. The number of benzene rings is 2. The Kier molecular flexibility index (Phi) is 5.40. The first kappa shape index (κ1) is 22.2. The first-order valence-electron chi connectivity index (χ1n) is 14.4. The number of rotatable bonds is 5. The molecule has 0 bridgehead atoms. The van der Waals surface area contributed by atoms with E-state index >= 15 is 4.39 Å². The van der Waals surface area contributed by atoms with Crippen LogP contribution < -0.4 is 0 Å². The molecule has 2 aromatic carbocycles. The number of aryl methyl sites for hydroxylation is 2. The van der Waals surface area contributed by atoms with E-state index in [-0.39, 0.29) is 34.2 Å². The van der Waals surface area contributed by atoms with Crippen molar-refractivity contribution in [2.45, 2.75) is 45.2 Å². The van der Waals surface area contributed by atoms with E-state index in [9.17, 15) is 9.50 Å². The van der Waals surface area contributed by atoms with Gasteiger partial charge in [0.05, 0.1) is 39.6 Å². The van der Waals surface area contributed by atoms with Crippen molar-refractivity contribution >= 4 is 21.9 Å². The van der Waals surface area contributed by atoms with Crippen molar-refractivity contribution in [3.8, 4) is 11.3 Å². The molecule has 3 aromatic heterocycles. The Morgan fingerprint density at radius 3 is 2.56 bits per heavy atom. The molecule has 202 valence electrons. The summed E-state index contributed by atoms with van der Waals surface area (Å²) in [6.45, 7) is 1.61. The number of fused-ring (bicyclic) bond motifs is 3. The predicted octanol–water partition coefficient (Wildman–Crippen LogP) is 5.82. The van der Waals surface area contributed by atoms with Crippen molar-refractivity contribution < 1.29 is 22.7 Å². The summed E-state index contributed by atoms with van der Waals surface area (Å²) in [6, 6.07) is 10.9. The Bertz CT molecular complexity index is 1790. The van der Waals surface area contributed by atoms with E-state index in [1.54, 1.807) is 43.6 Å². The minimum Gasteiger partial charge on any atom is -0.386 e. The number of hydrogen-bond donors (Lipinski definition) is 1. The van der Waals surface area contributed by atoms with Crippen molar-refractivity contribution in [3.63, 3.8) is 0 Å². The Morgan fingerprint density at radius 2 is 1.87 bits per heavy atom. The molecule has 0 aliphatic carbocycles. The van der Waals surface area contributed by atoms with Crippen LogP contribution in [0.2, 0.25) is 0 Å². The molecule has 0 unspecified atom stereocenters. The van der Waals surface area contributed by atoms with E-state index in [2.05, 4.69) is 10.3 Å². The average molecular weight is 535 g/mol. The Labute approximate surface area is 229 Å². The SMILES string of the molecule is [2H]C([2H])([2H])c1nnn(C)c1-c1cnc2c3ccc(C(C)(C)O)c(F)c3n([C@H](c3ccc(F)cc3)C3CCOCC3)c2c1.